The van der Waals surface area contributed by atoms with Crippen molar-refractivity contribution in [1.29, 1.82) is 0 Å². The van der Waals surface area contributed by atoms with E-state index in [0.29, 0.717) is 30.7 Å². The Balaban J connectivity index is 1.83. The van der Waals surface area contributed by atoms with Crippen molar-refractivity contribution in [3.8, 4) is 0 Å². The lowest BCUT2D eigenvalue weighted by Crippen LogP contribution is -2.37. The van der Waals surface area contributed by atoms with Crippen molar-refractivity contribution < 1.29 is 14.6 Å². The summed E-state index contributed by atoms with van der Waals surface area (Å²) in [6.07, 6.45) is 3.04. The highest BCUT2D eigenvalue weighted by Crippen LogP contribution is 2.16. The summed E-state index contributed by atoms with van der Waals surface area (Å²) in [6, 6.07) is 7.34. The van der Waals surface area contributed by atoms with Crippen LogP contribution >= 0.6 is 0 Å². The topological polar surface area (TPSA) is 88.4 Å². The summed E-state index contributed by atoms with van der Waals surface area (Å²) in [6.45, 7) is 9.94. The zero-order valence-electron chi connectivity index (χ0n) is 17.2. The van der Waals surface area contributed by atoms with Crippen molar-refractivity contribution in [3.05, 3.63) is 48.0 Å². The van der Waals surface area contributed by atoms with Crippen LogP contribution < -0.4 is 10.6 Å². The van der Waals surface area contributed by atoms with Crippen molar-refractivity contribution in [2.75, 3.05) is 25.1 Å². The fourth-order valence-corrected chi connectivity index (χ4v) is 2.78. The minimum absolute atomic E-state index is 0.135. The maximum Gasteiger partial charge on any atom is 0.319 e. The predicted molar refractivity (Wildman–Crippen MR) is 111 cm³/mol. The molecule has 2 rings (SSSR count). The molecule has 0 aliphatic rings. The molecule has 28 heavy (non-hydrogen) atoms. The molecular formula is C21H32N4O3. The number of imidazole rings is 1. The van der Waals surface area contributed by atoms with Gasteiger partial charge in [0.25, 0.3) is 0 Å². The molecular weight excluding hydrogens is 356 g/mol. The maximum absolute atomic E-state index is 12.1. The van der Waals surface area contributed by atoms with Gasteiger partial charge in [0.15, 0.2) is 0 Å². The molecule has 1 aromatic heterocycles. The second kappa shape index (κ2) is 10.8. The van der Waals surface area contributed by atoms with Crippen LogP contribution in [0.15, 0.2) is 36.7 Å². The first kappa shape index (κ1) is 21.9. The zero-order chi connectivity index (χ0) is 20.5. The lowest BCUT2D eigenvalue weighted by Gasteiger charge is -2.14. The Kier molecular flexibility index (Phi) is 8.47. The first-order chi connectivity index (χ1) is 13.3. The van der Waals surface area contributed by atoms with Crippen molar-refractivity contribution in [3.63, 3.8) is 0 Å². The first-order valence-corrected chi connectivity index (χ1v) is 9.75. The molecule has 0 saturated carbocycles. The third-order valence-corrected chi connectivity index (χ3v) is 4.06. The summed E-state index contributed by atoms with van der Waals surface area (Å²) in [5, 5.41) is 15.3. The Labute approximate surface area is 167 Å². The van der Waals surface area contributed by atoms with Crippen molar-refractivity contribution in [1.82, 2.24) is 14.9 Å². The van der Waals surface area contributed by atoms with Crippen LogP contribution in [0.4, 0.5) is 10.5 Å². The molecule has 1 atom stereocenters. The molecule has 1 unspecified atom stereocenters. The van der Waals surface area contributed by atoms with Crippen LogP contribution in [0.1, 0.15) is 45.0 Å². The second-order valence-corrected chi connectivity index (χ2v) is 7.69. The number of ether oxygens (including phenoxy) is 1. The van der Waals surface area contributed by atoms with Gasteiger partial charge in [-0.05, 0) is 23.6 Å². The monoisotopic (exact) mass is 388 g/mol. The Bertz CT molecular complexity index is 743. The Morgan fingerprint density at radius 3 is 2.75 bits per heavy atom. The van der Waals surface area contributed by atoms with E-state index < -0.39 is 6.10 Å². The van der Waals surface area contributed by atoms with Crippen LogP contribution in [0.2, 0.25) is 0 Å². The largest absolute Gasteiger partial charge is 0.389 e. The minimum Gasteiger partial charge on any atom is -0.389 e. The van der Waals surface area contributed by atoms with Crippen molar-refractivity contribution in [2.24, 2.45) is 5.92 Å². The van der Waals surface area contributed by atoms with E-state index in [0.717, 1.165) is 11.4 Å². The van der Waals surface area contributed by atoms with Gasteiger partial charge in [-0.3, -0.25) is 0 Å². The molecule has 2 amide bonds. The number of hydrogen-bond acceptors (Lipinski definition) is 4. The third kappa shape index (κ3) is 7.32. The summed E-state index contributed by atoms with van der Waals surface area (Å²) >= 11 is 0. The number of carbonyl (C=O) groups is 1. The quantitative estimate of drug-likeness (QED) is 0.583. The number of carbonyl (C=O) groups excluding carboxylic acids is 1. The van der Waals surface area contributed by atoms with Crippen LogP contribution in [0.25, 0.3) is 0 Å². The van der Waals surface area contributed by atoms with E-state index in [-0.39, 0.29) is 19.2 Å². The van der Waals surface area contributed by atoms with Gasteiger partial charge in [-0.25, -0.2) is 9.78 Å². The fraction of sp³-hybridized carbons (Fsp3) is 0.524. The molecule has 7 heteroatoms. The van der Waals surface area contributed by atoms with Crippen LogP contribution in [0.3, 0.4) is 0 Å². The molecule has 3 N–H and O–H groups in total. The highest BCUT2D eigenvalue weighted by Gasteiger charge is 2.10. The molecule has 0 saturated heterocycles. The van der Waals surface area contributed by atoms with E-state index in [9.17, 15) is 9.90 Å². The molecule has 1 heterocycles. The maximum atomic E-state index is 12.1. The molecule has 0 aliphatic carbocycles. The fourth-order valence-electron chi connectivity index (χ4n) is 2.78. The van der Waals surface area contributed by atoms with Gasteiger partial charge in [0.05, 0.1) is 12.7 Å². The number of amides is 2. The molecule has 0 aliphatic heterocycles. The lowest BCUT2D eigenvalue weighted by atomic mass is 10.1. The number of aliphatic hydroxyl groups excluding tert-OH is 1. The predicted octanol–water partition coefficient (Wildman–Crippen LogP) is 3.21. The first-order valence-electron chi connectivity index (χ1n) is 9.75. The minimum atomic E-state index is -0.730. The van der Waals surface area contributed by atoms with Crippen molar-refractivity contribution >= 4 is 11.7 Å². The van der Waals surface area contributed by atoms with E-state index in [4.69, 9.17) is 4.74 Å². The van der Waals surface area contributed by atoms with E-state index in [1.165, 1.54) is 0 Å². The van der Waals surface area contributed by atoms with Crippen LogP contribution in [-0.2, 0) is 11.3 Å². The normalized spacial score (nSPS) is 12.4. The third-order valence-electron chi connectivity index (χ3n) is 4.06. The molecule has 1 aromatic carbocycles. The Hall–Kier alpha value is -2.38. The second-order valence-electron chi connectivity index (χ2n) is 7.69. The molecule has 154 valence electrons. The smallest absolute Gasteiger partial charge is 0.319 e. The van der Waals surface area contributed by atoms with Crippen LogP contribution in [-0.4, -0.2) is 46.6 Å². The molecule has 0 bridgehead atoms. The number of nitrogens with zero attached hydrogens (tertiary/aromatic N) is 2. The summed E-state index contributed by atoms with van der Waals surface area (Å²) in [7, 11) is 0. The number of nitrogens with one attached hydrogen (secondary N) is 2. The van der Waals surface area contributed by atoms with E-state index in [2.05, 4.69) is 34.0 Å². The molecule has 0 fully saturated rings. The van der Waals surface area contributed by atoms with Gasteiger partial charge in [0.2, 0.25) is 0 Å². The number of urea groups is 1. The van der Waals surface area contributed by atoms with Gasteiger partial charge in [0.1, 0.15) is 5.82 Å². The Morgan fingerprint density at radius 1 is 1.25 bits per heavy atom. The molecule has 2 aromatic rings. The van der Waals surface area contributed by atoms with Gasteiger partial charge in [-0.15, -0.1) is 0 Å². The van der Waals surface area contributed by atoms with E-state index >= 15 is 0 Å². The van der Waals surface area contributed by atoms with Gasteiger partial charge < -0.3 is 25.0 Å². The summed E-state index contributed by atoms with van der Waals surface area (Å²) in [4.78, 5) is 16.5. The number of aliphatic hydroxyl groups is 1. The SMILES string of the molecule is CC(C)COCC(O)CNC(=O)Nc1cccc(Cn2ccnc2C(C)C)c1. The van der Waals surface area contributed by atoms with E-state index in [1.807, 2.05) is 44.3 Å². The summed E-state index contributed by atoms with van der Waals surface area (Å²) < 4.78 is 7.48. The number of benzene rings is 1. The Morgan fingerprint density at radius 2 is 2.04 bits per heavy atom. The lowest BCUT2D eigenvalue weighted by molar-refractivity contribution is 0.0274. The standard InChI is InChI=1S/C21H32N4O3/c1-15(2)13-28-14-19(26)11-23-21(27)24-18-7-5-6-17(10-18)12-25-9-8-22-20(25)16(3)4/h5-10,15-16,19,26H,11-14H2,1-4H3,(H2,23,24,27). The van der Waals surface area contributed by atoms with Gasteiger partial charge in [-0.1, -0.05) is 39.8 Å². The number of aromatic nitrogens is 2. The summed E-state index contributed by atoms with van der Waals surface area (Å²) in [5.74, 6) is 1.79. The molecule has 7 nitrogen and oxygen atoms in total. The van der Waals surface area contributed by atoms with Gasteiger partial charge >= 0.3 is 6.03 Å². The van der Waals surface area contributed by atoms with Crippen LogP contribution in [0, 0.1) is 5.92 Å². The number of rotatable bonds is 10. The van der Waals surface area contributed by atoms with E-state index in [1.54, 1.807) is 6.20 Å². The van der Waals surface area contributed by atoms with Gasteiger partial charge in [-0.2, -0.15) is 0 Å². The van der Waals surface area contributed by atoms with Gasteiger partial charge in [0, 0.05) is 43.7 Å². The number of anilines is 1. The number of hydrogen-bond donors (Lipinski definition) is 3. The zero-order valence-corrected chi connectivity index (χ0v) is 17.2. The molecule has 0 radical (unpaired) electrons. The van der Waals surface area contributed by atoms with Crippen molar-refractivity contribution in [2.45, 2.75) is 46.3 Å². The highest BCUT2D eigenvalue weighted by atomic mass is 16.5. The molecule has 0 spiro atoms. The van der Waals surface area contributed by atoms with Crippen LogP contribution in [0.5, 0.6) is 0 Å². The average Bonchev–Trinajstić information content (AvgIpc) is 3.08. The summed E-state index contributed by atoms with van der Waals surface area (Å²) in [5.41, 5.74) is 1.77. The highest BCUT2D eigenvalue weighted by molar-refractivity contribution is 5.89. The average molecular weight is 389 g/mol.